The average Bonchev–Trinajstić information content (AvgIpc) is 2.44. The minimum absolute atomic E-state index is 0.441. The lowest BCUT2D eigenvalue weighted by molar-refractivity contribution is 0.286. The number of unbranched alkanes of at least 4 members (excludes halogenated alkanes) is 1. The summed E-state index contributed by atoms with van der Waals surface area (Å²) in [6.45, 7) is 12.2. The van der Waals surface area contributed by atoms with Crippen molar-refractivity contribution < 1.29 is 0 Å². The van der Waals surface area contributed by atoms with Crippen molar-refractivity contribution in [1.82, 2.24) is 10.2 Å². The topological polar surface area (TPSA) is 15.3 Å². The molecule has 0 aliphatic carbocycles. The van der Waals surface area contributed by atoms with E-state index >= 15 is 0 Å². The Kier molecular flexibility index (Phi) is 7.86. The molecule has 0 bridgehead atoms. The van der Waals surface area contributed by atoms with Gasteiger partial charge in [0.2, 0.25) is 0 Å². The van der Waals surface area contributed by atoms with Gasteiger partial charge in [-0.15, -0.1) is 0 Å². The Balaban J connectivity index is 2.79. The highest BCUT2D eigenvalue weighted by atomic mass is 15.1. The molecule has 1 unspecified atom stereocenters. The molecule has 0 amide bonds. The van der Waals surface area contributed by atoms with Gasteiger partial charge < -0.3 is 10.2 Å². The van der Waals surface area contributed by atoms with Gasteiger partial charge in [0.1, 0.15) is 0 Å². The fraction of sp³-hybridized carbons (Fsp3) is 0.667. The highest BCUT2D eigenvalue weighted by Gasteiger charge is 2.15. The van der Waals surface area contributed by atoms with Gasteiger partial charge in [0.15, 0.2) is 0 Å². The molecule has 0 aliphatic heterocycles. The average molecular weight is 276 g/mol. The van der Waals surface area contributed by atoms with Gasteiger partial charge in [-0.3, -0.25) is 0 Å². The second-order valence-corrected chi connectivity index (χ2v) is 5.98. The molecule has 0 aromatic heterocycles. The van der Waals surface area contributed by atoms with Crippen LogP contribution in [0, 0.1) is 13.8 Å². The molecule has 0 spiro atoms. The van der Waals surface area contributed by atoms with E-state index in [4.69, 9.17) is 0 Å². The standard InChI is InChI=1S/C18H32N2/c1-6-8-12-20(5)14-18(19-11-7-2)17-13-15(3)9-10-16(17)4/h9-10,13,18-19H,6-8,11-12,14H2,1-5H3. The van der Waals surface area contributed by atoms with Gasteiger partial charge >= 0.3 is 0 Å². The molecule has 1 rings (SSSR count). The van der Waals surface area contributed by atoms with Crippen LogP contribution in [0.3, 0.4) is 0 Å². The molecule has 114 valence electrons. The second kappa shape index (κ2) is 9.15. The van der Waals surface area contributed by atoms with E-state index in [-0.39, 0.29) is 0 Å². The summed E-state index contributed by atoms with van der Waals surface area (Å²) in [5.74, 6) is 0. The number of nitrogens with one attached hydrogen (secondary N) is 1. The monoisotopic (exact) mass is 276 g/mol. The minimum atomic E-state index is 0.441. The van der Waals surface area contributed by atoms with Crippen molar-refractivity contribution >= 4 is 0 Å². The van der Waals surface area contributed by atoms with E-state index in [0.29, 0.717) is 6.04 Å². The van der Waals surface area contributed by atoms with Crippen LogP contribution >= 0.6 is 0 Å². The molecule has 1 aromatic carbocycles. The third-order valence-electron chi connectivity index (χ3n) is 3.84. The fourth-order valence-corrected chi connectivity index (χ4v) is 2.56. The summed E-state index contributed by atoms with van der Waals surface area (Å²) >= 11 is 0. The normalized spacial score (nSPS) is 12.9. The van der Waals surface area contributed by atoms with Gasteiger partial charge in [-0.2, -0.15) is 0 Å². The van der Waals surface area contributed by atoms with Crippen LogP contribution in [-0.2, 0) is 0 Å². The number of aryl methyl sites for hydroxylation is 2. The van der Waals surface area contributed by atoms with Gasteiger partial charge in [0.05, 0.1) is 0 Å². The number of nitrogens with zero attached hydrogens (tertiary/aromatic N) is 1. The van der Waals surface area contributed by atoms with Crippen LogP contribution in [0.1, 0.15) is 55.8 Å². The van der Waals surface area contributed by atoms with Crippen LogP contribution in [0.4, 0.5) is 0 Å². The van der Waals surface area contributed by atoms with Crippen molar-refractivity contribution in [1.29, 1.82) is 0 Å². The van der Waals surface area contributed by atoms with Crippen molar-refractivity contribution in [2.75, 3.05) is 26.7 Å². The SMILES string of the molecule is CCCCN(C)CC(NCCC)c1cc(C)ccc1C. The lowest BCUT2D eigenvalue weighted by atomic mass is 9.98. The molecule has 0 saturated heterocycles. The first-order valence-electron chi connectivity index (χ1n) is 8.07. The van der Waals surface area contributed by atoms with Crippen molar-refractivity contribution in [2.45, 2.75) is 53.0 Å². The molecule has 1 atom stereocenters. The number of rotatable bonds is 9. The molecular formula is C18H32N2. The molecule has 1 aromatic rings. The zero-order chi connectivity index (χ0) is 15.0. The lowest BCUT2D eigenvalue weighted by Gasteiger charge is -2.27. The molecule has 0 fully saturated rings. The highest BCUT2D eigenvalue weighted by molar-refractivity contribution is 5.33. The predicted octanol–water partition coefficient (Wildman–Crippen LogP) is 4.08. The summed E-state index contributed by atoms with van der Waals surface area (Å²) in [4.78, 5) is 2.46. The van der Waals surface area contributed by atoms with Gasteiger partial charge in [-0.1, -0.05) is 44.0 Å². The molecule has 2 heteroatoms. The van der Waals surface area contributed by atoms with Crippen molar-refractivity contribution in [3.05, 3.63) is 34.9 Å². The van der Waals surface area contributed by atoms with E-state index in [2.05, 4.69) is 63.2 Å². The zero-order valence-electron chi connectivity index (χ0n) is 14.0. The van der Waals surface area contributed by atoms with Crippen LogP contribution in [-0.4, -0.2) is 31.6 Å². The Morgan fingerprint density at radius 3 is 2.55 bits per heavy atom. The first-order valence-corrected chi connectivity index (χ1v) is 8.07. The van der Waals surface area contributed by atoms with Crippen molar-refractivity contribution in [2.24, 2.45) is 0 Å². The molecule has 0 saturated carbocycles. The predicted molar refractivity (Wildman–Crippen MR) is 89.4 cm³/mol. The Bertz CT molecular complexity index is 387. The molecule has 2 nitrogen and oxygen atoms in total. The summed E-state index contributed by atoms with van der Waals surface area (Å²) < 4.78 is 0. The van der Waals surface area contributed by atoms with Gasteiger partial charge in [-0.25, -0.2) is 0 Å². The smallest absolute Gasteiger partial charge is 0.0451 e. The lowest BCUT2D eigenvalue weighted by Crippen LogP contribution is -2.34. The van der Waals surface area contributed by atoms with E-state index in [1.807, 2.05) is 0 Å². The van der Waals surface area contributed by atoms with Gasteiger partial charge in [-0.05, 0) is 58.0 Å². The first-order chi connectivity index (χ1) is 9.58. The van der Waals surface area contributed by atoms with Gasteiger partial charge in [0, 0.05) is 12.6 Å². The summed E-state index contributed by atoms with van der Waals surface area (Å²) in [6, 6.07) is 7.24. The van der Waals surface area contributed by atoms with E-state index in [1.54, 1.807) is 0 Å². The summed E-state index contributed by atoms with van der Waals surface area (Å²) in [5, 5.41) is 3.72. The first kappa shape index (κ1) is 17.2. The fourth-order valence-electron chi connectivity index (χ4n) is 2.56. The summed E-state index contributed by atoms with van der Waals surface area (Å²) in [6.07, 6.45) is 3.73. The Morgan fingerprint density at radius 1 is 1.15 bits per heavy atom. The molecule has 1 N–H and O–H groups in total. The highest BCUT2D eigenvalue weighted by Crippen LogP contribution is 2.20. The third kappa shape index (κ3) is 5.64. The molecule has 20 heavy (non-hydrogen) atoms. The number of likely N-dealkylation sites (N-methyl/N-ethyl adjacent to an activating group) is 1. The number of hydrogen-bond donors (Lipinski definition) is 1. The van der Waals surface area contributed by atoms with E-state index < -0.39 is 0 Å². The molecule has 0 aliphatic rings. The van der Waals surface area contributed by atoms with Crippen LogP contribution in [0.5, 0.6) is 0 Å². The third-order valence-corrected chi connectivity index (χ3v) is 3.84. The number of benzene rings is 1. The maximum absolute atomic E-state index is 3.72. The maximum atomic E-state index is 3.72. The Labute approximate surface area is 125 Å². The maximum Gasteiger partial charge on any atom is 0.0451 e. The minimum Gasteiger partial charge on any atom is -0.309 e. The van der Waals surface area contributed by atoms with Gasteiger partial charge in [0.25, 0.3) is 0 Å². The van der Waals surface area contributed by atoms with Crippen molar-refractivity contribution in [3.63, 3.8) is 0 Å². The molecule has 0 heterocycles. The summed E-state index contributed by atoms with van der Waals surface area (Å²) in [7, 11) is 2.24. The van der Waals surface area contributed by atoms with Crippen molar-refractivity contribution in [3.8, 4) is 0 Å². The number of hydrogen-bond acceptors (Lipinski definition) is 2. The Hall–Kier alpha value is -0.860. The largest absolute Gasteiger partial charge is 0.309 e. The van der Waals surface area contributed by atoms with Crippen LogP contribution < -0.4 is 5.32 Å². The zero-order valence-corrected chi connectivity index (χ0v) is 14.0. The van der Waals surface area contributed by atoms with Crippen LogP contribution in [0.25, 0.3) is 0 Å². The molecular weight excluding hydrogens is 244 g/mol. The summed E-state index contributed by atoms with van der Waals surface area (Å²) in [5.41, 5.74) is 4.21. The second-order valence-electron chi connectivity index (χ2n) is 5.98. The van der Waals surface area contributed by atoms with E-state index in [1.165, 1.54) is 42.5 Å². The van der Waals surface area contributed by atoms with Crippen LogP contribution in [0.15, 0.2) is 18.2 Å². The molecule has 0 radical (unpaired) electrons. The van der Waals surface area contributed by atoms with Crippen LogP contribution in [0.2, 0.25) is 0 Å². The van der Waals surface area contributed by atoms with E-state index in [0.717, 1.165) is 13.1 Å². The van der Waals surface area contributed by atoms with E-state index in [9.17, 15) is 0 Å². The quantitative estimate of drug-likeness (QED) is 0.731. The Morgan fingerprint density at radius 2 is 1.90 bits per heavy atom.